The molecule has 1 heteroatoms. The van der Waals surface area contributed by atoms with Gasteiger partial charge in [0.25, 0.3) is 0 Å². The quantitative estimate of drug-likeness (QED) is 0.586. The Morgan fingerprint density at radius 1 is 1.09 bits per heavy atom. The zero-order valence-electron chi connectivity index (χ0n) is 8.50. The van der Waals surface area contributed by atoms with Crippen LogP contribution in [0.25, 0.3) is 0 Å². The first kappa shape index (κ1) is 10.9. The molecule has 0 aliphatic heterocycles. The second kappa shape index (κ2) is 3.55. The molecular weight excluding hydrogens is 139 g/mol. The molecule has 0 bridgehead atoms. The highest BCUT2D eigenvalue weighted by atomic mass is 19.1. The Balaban J connectivity index is 3.91. The van der Waals surface area contributed by atoms with Crippen LogP contribution in [0.2, 0.25) is 0 Å². The van der Waals surface area contributed by atoms with Crippen LogP contribution in [0.3, 0.4) is 0 Å². The molecular formula is C10H21F. The van der Waals surface area contributed by atoms with E-state index < -0.39 is 5.67 Å². The number of hydrogen-bond donors (Lipinski definition) is 0. The van der Waals surface area contributed by atoms with Crippen molar-refractivity contribution in [2.75, 3.05) is 0 Å². The summed E-state index contributed by atoms with van der Waals surface area (Å²) in [6, 6.07) is 0. The summed E-state index contributed by atoms with van der Waals surface area (Å²) >= 11 is 0. The van der Waals surface area contributed by atoms with E-state index in [9.17, 15) is 4.39 Å². The summed E-state index contributed by atoms with van der Waals surface area (Å²) in [6.45, 7) is 9.99. The fourth-order valence-electron chi connectivity index (χ4n) is 1.72. The first-order valence-corrected chi connectivity index (χ1v) is 4.46. The minimum absolute atomic E-state index is 0.110. The van der Waals surface area contributed by atoms with Gasteiger partial charge in [0, 0.05) is 0 Å². The van der Waals surface area contributed by atoms with Gasteiger partial charge in [0.15, 0.2) is 0 Å². The molecule has 0 nitrogen and oxygen atoms in total. The second-order valence-electron chi connectivity index (χ2n) is 4.90. The lowest BCUT2D eigenvalue weighted by Crippen LogP contribution is -2.25. The van der Waals surface area contributed by atoms with E-state index in [1.54, 1.807) is 6.92 Å². The van der Waals surface area contributed by atoms with E-state index in [1.807, 2.05) is 6.92 Å². The van der Waals surface area contributed by atoms with Gasteiger partial charge in [0.05, 0.1) is 0 Å². The Labute approximate surface area is 70.2 Å². The SMILES string of the molecule is CCCC(C)(F)CC(C)(C)C. The first-order valence-electron chi connectivity index (χ1n) is 4.46. The van der Waals surface area contributed by atoms with Crippen molar-refractivity contribution in [3.05, 3.63) is 0 Å². The Bertz CT molecular complexity index is 109. The first-order chi connectivity index (χ1) is 4.77. The molecule has 0 saturated heterocycles. The summed E-state index contributed by atoms with van der Waals surface area (Å²) in [6.07, 6.45) is 2.28. The lowest BCUT2D eigenvalue weighted by molar-refractivity contribution is 0.108. The average molecular weight is 160 g/mol. The van der Waals surface area contributed by atoms with Crippen LogP contribution in [0.1, 0.15) is 53.9 Å². The maximum atomic E-state index is 13.6. The van der Waals surface area contributed by atoms with Gasteiger partial charge in [0.1, 0.15) is 5.67 Å². The fraction of sp³-hybridized carbons (Fsp3) is 1.00. The van der Waals surface area contributed by atoms with E-state index >= 15 is 0 Å². The molecule has 0 aromatic rings. The van der Waals surface area contributed by atoms with Gasteiger partial charge < -0.3 is 0 Å². The number of alkyl halides is 1. The maximum absolute atomic E-state index is 13.6. The van der Waals surface area contributed by atoms with Crippen molar-refractivity contribution in [3.8, 4) is 0 Å². The smallest absolute Gasteiger partial charge is 0.108 e. The molecule has 0 radical (unpaired) electrons. The zero-order chi connectivity index (χ0) is 9.12. The Morgan fingerprint density at radius 2 is 1.55 bits per heavy atom. The van der Waals surface area contributed by atoms with Crippen molar-refractivity contribution in [1.29, 1.82) is 0 Å². The highest BCUT2D eigenvalue weighted by molar-refractivity contribution is 4.79. The van der Waals surface area contributed by atoms with Gasteiger partial charge in [-0.3, -0.25) is 0 Å². The van der Waals surface area contributed by atoms with Gasteiger partial charge in [-0.1, -0.05) is 34.1 Å². The van der Waals surface area contributed by atoms with Gasteiger partial charge in [0.2, 0.25) is 0 Å². The number of rotatable bonds is 3. The normalized spacial score (nSPS) is 18.0. The molecule has 11 heavy (non-hydrogen) atoms. The van der Waals surface area contributed by atoms with Crippen molar-refractivity contribution in [1.82, 2.24) is 0 Å². The molecule has 0 aromatic carbocycles. The molecule has 0 saturated carbocycles. The van der Waals surface area contributed by atoms with E-state index in [2.05, 4.69) is 20.8 Å². The summed E-state index contributed by atoms with van der Waals surface area (Å²) in [5, 5.41) is 0. The fourth-order valence-corrected chi connectivity index (χ4v) is 1.72. The van der Waals surface area contributed by atoms with E-state index in [0.717, 1.165) is 6.42 Å². The third-order valence-corrected chi connectivity index (χ3v) is 1.67. The minimum Gasteiger partial charge on any atom is -0.244 e. The highest BCUT2D eigenvalue weighted by Gasteiger charge is 2.28. The Hall–Kier alpha value is -0.0700. The third kappa shape index (κ3) is 6.33. The van der Waals surface area contributed by atoms with E-state index in [4.69, 9.17) is 0 Å². The van der Waals surface area contributed by atoms with Gasteiger partial charge in [-0.2, -0.15) is 0 Å². The van der Waals surface area contributed by atoms with E-state index in [-0.39, 0.29) is 5.41 Å². The topological polar surface area (TPSA) is 0 Å². The number of halogens is 1. The predicted molar refractivity (Wildman–Crippen MR) is 48.5 cm³/mol. The molecule has 0 N–H and O–H groups in total. The van der Waals surface area contributed by atoms with Crippen LogP contribution in [0.5, 0.6) is 0 Å². The summed E-state index contributed by atoms with van der Waals surface area (Å²) in [7, 11) is 0. The molecule has 1 unspecified atom stereocenters. The van der Waals surface area contributed by atoms with Gasteiger partial charge in [-0.25, -0.2) is 4.39 Å². The summed E-state index contributed by atoms with van der Waals surface area (Å²) in [5.41, 5.74) is -0.855. The van der Waals surface area contributed by atoms with Crippen LogP contribution < -0.4 is 0 Å². The molecule has 0 spiro atoms. The van der Waals surface area contributed by atoms with Crippen molar-refractivity contribution in [3.63, 3.8) is 0 Å². The highest BCUT2D eigenvalue weighted by Crippen LogP contribution is 2.32. The minimum atomic E-state index is -0.965. The van der Waals surface area contributed by atoms with Crippen molar-refractivity contribution in [2.45, 2.75) is 59.5 Å². The Morgan fingerprint density at radius 3 is 1.82 bits per heavy atom. The maximum Gasteiger partial charge on any atom is 0.108 e. The summed E-state index contributed by atoms with van der Waals surface area (Å²) in [4.78, 5) is 0. The molecule has 0 rings (SSSR count). The number of hydrogen-bond acceptors (Lipinski definition) is 0. The van der Waals surface area contributed by atoms with Crippen LogP contribution in [-0.4, -0.2) is 5.67 Å². The molecule has 0 aliphatic rings. The summed E-state index contributed by atoms with van der Waals surface area (Å²) < 4.78 is 13.6. The van der Waals surface area contributed by atoms with Crippen LogP contribution in [0.15, 0.2) is 0 Å². The zero-order valence-corrected chi connectivity index (χ0v) is 8.50. The lowest BCUT2D eigenvalue weighted by Gasteiger charge is -2.28. The van der Waals surface area contributed by atoms with Gasteiger partial charge in [-0.15, -0.1) is 0 Å². The van der Waals surface area contributed by atoms with Crippen molar-refractivity contribution < 1.29 is 4.39 Å². The van der Waals surface area contributed by atoms with Gasteiger partial charge >= 0.3 is 0 Å². The molecule has 0 heterocycles. The summed E-state index contributed by atoms with van der Waals surface area (Å²) in [5.74, 6) is 0. The van der Waals surface area contributed by atoms with Crippen LogP contribution >= 0.6 is 0 Å². The van der Waals surface area contributed by atoms with Crippen LogP contribution in [0, 0.1) is 5.41 Å². The molecule has 0 aliphatic carbocycles. The van der Waals surface area contributed by atoms with E-state index in [0.29, 0.717) is 12.8 Å². The predicted octanol–water partition coefficient (Wildman–Crippen LogP) is 3.95. The largest absolute Gasteiger partial charge is 0.244 e. The molecule has 68 valence electrons. The monoisotopic (exact) mass is 160 g/mol. The molecule has 1 atom stereocenters. The standard InChI is InChI=1S/C10H21F/c1-6-7-10(5,11)8-9(2,3)4/h6-8H2,1-5H3. The third-order valence-electron chi connectivity index (χ3n) is 1.67. The molecule has 0 aromatic heterocycles. The molecule has 0 amide bonds. The van der Waals surface area contributed by atoms with Crippen LogP contribution in [0.4, 0.5) is 4.39 Å². The lowest BCUT2D eigenvalue weighted by atomic mass is 9.82. The average Bonchev–Trinajstić information content (AvgIpc) is 1.55. The second-order valence-corrected chi connectivity index (χ2v) is 4.90. The van der Waals surface area contributed by atoms with Crippen molar-refractivity contribution in [2.24, 2.45) is 5.41 Å². The molecule has 0 fully saturated rings. The van der Waals surface area contributed by atoms with Gasteiger partial charge in [-0.05, 0) is 25.2 Å². The Kier molecular flexibility index (Phi) is 3.53. The van der Waals surface area contributed by atoms with E-state index in [1.165, 1.54) is 0 Å². The van der Waals surface area contributed by atoms with Crippen LogP contribution in [-0.2, 0) is 0 Å². The van der Waals surface area contributed by atoms with Crippen molar-refractivity contribution >= 4 is 0 Å².